The molecule has 1 N–H and O–H groups in total. The lowest BCUT2D eigenvalue weighted by atomic mass is 10.0. The quantitative estimate of drug-likeness (QED) is 0.781. The Morgan fingerprint density at radius 3 is 2.52 bits per heavy atom. The zero-order valence-electron chi connectivity index (χ0n) is 11.7. The molecule has 0 radical (unpaired) electrons. The second-order valence-electron chi connectivity index (χ2n) is 4.75. The van der Waals surface area contributed by atoms with Crippen molar-refractivity contribution in [3.05, 3.63) is 58.4 Å². The van der Waals surface area contributed by atoms with Gasteiger partial charge in [0, 0.05) is 12.1 Å². The van der Waals surface area contributed by atoms with E-state index in [0.29, 0.717) is 22.7 Å². The molecule has 0 fully saturated rings. The minimum atomic E-state index is -0.250. The van der Waals surface area contributed by atoms with Gasteiger partial charge in [-0.3, -0.25) is 4.79 Å². The number of aryl methyl sites for hydroxylation is 1. The van der Waals surface area contributed by atoms with Crippen LogP contribution in [0.1, 0.15) is 5.76 Å². The van der Waals surface area contributed by atoms with Crippen molar-refractivity contribution in [3.63, 3.8) is 0 Å². The van der Waals surface area contributed by atoms with Crippen molar-refractivity contribution in [1.82, 2.24) is 0 Å². The second kappa shape index (κ2) is 4.98. The molecule has 0 aliphatic carbocycles. The number of ether oxygens (including phenoxy) is 1. The highest BCUT2D eigenvalue weighted by Crippen LogP contribution is 2.31. The van der Waals surface area contributed by atoms with E-state index in [1.807, 2.05) is 30.3 Å². The number of phenolic OH excluding ortho intramolecular Hbond substituents is 1. The van der Waals surface area contributed by atoms with E-state index in [2.05, 4.69) is 0 Å². The summed E-state index contributed by atoms with van der Waals surface area (Å²) in [5.41, 5.74) is 1.29. The minimum Gasteiger partial charge on any atom is -0.507 e. The Bertz CT molecular complexity index is 863. The lowest BCUT2D eigenvalue weighted by Gasteiger charge is -2.09. The Kier molecular flexibility index (Phi) is 3.14. The summed E-state index contributed by atoms with van der Waals surface area (Å²) in [5.74, 6) is 0.802. The van der Waals surface area contributed by atoms with Gasteiger partial charge in [-0.25, -0.2) is 0 Å². The van der Waals surface area contributed by atoms with Crippen LogP contribution in [0.15, 0.2) is 51.7 Å². The van der Waals surface area contributed by atoms with E-state index in [1.165, 1.54) is 13.2 Å². The van der Waals surface area contributed by atoms with Crippen LogP contribution < -0.4 is 10.2 Å². The Hall–Kier alpha value is -2.75. The van der Waals surface area contributed by atoms with E-state index in [0.717, 1.165) is 5.56 Å². The molecular weight excluding hydrogens is 268 g/mol. The summed E-state index contributed by atoms with van der Waals surface area (Å²) >= 11 is 0. The molecule has 4 nitrogen and oxygen atoms in total. The monoisotopic (exact) mass is 282 g/mol. The van der Waals surface area contributed by atoms with E-state index >= 15 is 0 Å². The van der Waals surface area contributed by atoms with E-state index in [1.54, 1.807) is 13.0 Å². The first-order valence-electron chi connectivity index (χ1n) is 6.51. The maximum Gasteiger partial charge on any atom is 0.204 e. The summed E-state index contributed by atoms with van der Waals surface area (Å²) in [6, 6.07) is 12.3. The van der Waals surface area contributed by atoms with E-state index in [-0.39, 0.29) is 16.6 Å². The number of methoxy groups -OCH3 is 1. The smallest absolute Gasteiger partial charge is 0.204 e. The number of aromatic hydroxyl groups is 1. The van der Waals surface area contributed by atoms with Crippen molar-refractivity contribution in [1.29, 1.82) is 0 Å². The lowest BCUT2D eigenvalue weighted by Crippen LogP contribution is -2.07. The predicted molar refractivity (Wildman–Crippen MR) is 80.9 cm³/mol. The summed E-state index contributed by atoms with van der Waals surface area (Å²) < 4.78 is 10.8. The average Bonchev–Trinajstić information content (AvgIpc) is 2.47. The zero-order chi connectivity index (χ0) is 15.0. The van der Waals surface area contributed by atoms with Gasteiger partial charge < -0.3 is 14.3 Å². The maximum atomic E-state index is 12.7. The van der Waals surface area contributed by atoms with Crippen LogP contribution in [0.4, 0.5) is 0 Å². The summed E-state index contributed by atoms with van der Waals surface area (Å²) in [6.07, 6.45) is 0. The molecule has 1 heterocycles. The van der Waals surface area contributed by atoms with Crippen molar-refractivity contribution in [2.75, 3.05) is 7.11 Å². The Morgan fingerprint density at radius 1 is 1.14 bits per heavy atom. The Morgan fingerprint density at radius 2 is 1.86 bits per heavy atom. The lowest BCUT2D eigenvalue weighted by molar-refractivity contribution is 0.407. The number of phenols is 1. The van der Waals surface area contributed by atoms with Crippen LogP contribution in [0.3, 0.4) is 0 Å². The number of fused-ring (bicyclic) bond motifs is 1. The average molecular weight is 282 g/mol. The first-order valence-corrected chi connectivity index (χ1v) is 6.51. The summed E-state index contributed by atoms with van der Waals surface area (Å²) in [4.78, 5) is 12.7. The van der Waals surface area contributed by atoms with Crippen molar-refractivity contribution in [2.45, 2.75) is 6.92 Å². The molecule has 3 aromatic rings. The molecule has 0 saturated heterocycles. The fourth-order valence-corrected chi connectivity index (χ4v) is 2.44. The van der Waals surface area contributed by atoms with Gasteiger partial charge in [0.1, 0.15) is 28.2 Å². The summed E-state index contributed by atoms with van der Waals surface area (Å²) in [7, 11) is 1.49. The molecule has 4 heteroatoms. The number of hydrogen-bond acceptors (Lipinski definition) is 4. The van der Waals surface area contributed by atoms with Crippen LogP contribution in [0.25, 0.3) is 22.1 Å². The molecule has 0 bridgehead atoms. The first kappa shape index (κ1) is 13.2. The first-order chi connectivity index (χ1) is 10.1. The maximum absolute atomic E-state index is 12.7. The van der Waals surface area contributed by atoms with Gasteiger partial charge in [0.15, 0.2) is 0 Å². The fourth-order valence-electron chi connectivity index (χ4n) is 2.44. The highest BCUT2D eigenvalue weighted by molar-refractivity contribution is 5.88. The largest absolute Gasteiger partial charge is 0.507 e. The molecule has 0 unspecified atom stereocenters. The molecular formula is C17H14O4. The molecule has 0 saturated carbocycles. The van der Waals surface area contributed by atoms with Gasteiger partial charge in [-0.05, 0) is 12.5 Å². The molecule has 0 aliphatic heterocycles. The number of hydrogen-bond donors (Lipinski definition) is 1. The van der Waals surface area contributed by atoms with Gasteiger partial charge in [-0.15, -0.1) is 0 Å². The Balaban J connectivity index is 2.40. The SMILES string of the molecule is COc1cc(O)c2c(=O)c(-c3ccccc3)c(C)oc2c1. The standard InChI is InChI=1S/C17H14O4/c1-10-15(11-6-4-3-5-7-11)17(19)16-13(18)8-12(20-2)9-14(16)21-10/h3-9,18H,1-2H3. The van der Waals surface area contributed by atoms with Gasteiger partial charge in [0.2, 0.25) is 5.43 Å². The summed E-state index contributed by atoms with van der Waals surface area (Å²) in [5, 5.41) is 10.3. The molecule has 3 rings (SSSR count). The van der Waals surface area contributed by atoms with Crippen molar-refractivity contribution in [2.24, 2.45) is 0 Å². The van der Waals surface area contributed by atoms with Gasteiger partial charge in [-0.1, -0.05) is 30.3 Å². The van der Waals surface area contributed by atoms with E-state index in [9.17, 15) is 9.90 Å². The van der Waals surface area contributed by atoms with Crippen LogP contribution in [0, 0.1) is 6.92 Å². The number of benzene rings is 2. The topological polar surface area (TPSA) is 59.7 Å². The van der Waals surface area contributed by atoms with E-state index < -0.39 is 0 Å². The zero-order valence-corrected chi connectivity index (χ0v) is 11.7. The van der Waals surface area contributed by atoms with Crippen LogP contribution in [0.5, 0.6) is 11.5 Å². The van der Waals surface area contributed by atoms with Gasteiger partial charge in [-0.2, -0.15) is 0 Å². The highest BCUT2D eigenvalue weighted by Gasteiger charge is 2.17. The van der Waals surface area contributed by atoms with Crippen LogP contribution in [0.2, 0.25) is 0 Å². The normalized spacial score (nSPS) is 10.8. The van der Waals surface area contributed by atoms with Gasteiger partial charge >= 0.3 is 0 Å². The molecule has 0 spiro atoms. The van der Waals surface area contributed by atoms with Crippen LogP contribution in [-0.4, -0.2) is 12.2 Å². The third kappa shape index (κ3) is 2.14. The molecule has 0 atom stereocenters. The molecule has 21 heavy (non-hydrogen) atoms. The van der Waals surface area contributed by atoms with Crippen molar-refractivity contribution in [3.8, 4) is 22.6 Å². The van der Waals surface area contributed by atoms with Gasteiger partial charge in [0.05, 0.1) is 12.7 Å². The van der Waals surface area contributed by atoms with E-state index in [4.69, 9.17) is 9.15 Å². The molecule has 0 aliphatic rings. The molecule has 106 valence electrons. The highest BCUT2D eigenvalue weighted by atomic mass is 16.5. The fraction of sp³-hybridized carbons (Fsp3) is 0.118. The van der Waals surface area contributed by atoms with Crippen molar-refractivity contribution >= 4 is 11.0 Å². The third-order valence-electron chi connectivity index (χ3n) is 3.42. The van der Waals surface area contributed by atoms with Crippen molar-refractivity contribution < 1.29 is 14.3 Å². The number of rotatable bonds is 2. The summed E-state index contributed by atoms with van der Waals surface area (Å²) in [6.45, 7) is 1.74. The molecule has 0 amide bonds. The predicted octanol–water partition coefficient (Wildman–Crippen LogP) is 3.48. The minimum absolute atomic E-state index is 0.143. The second-order valence-corrected chi connectivity index (χ2v) is 4.75. The van der Waals surface area contributed by atoms with Crippen LogP contribution in [-0.2, 0) is 0 Å². The van der Waals surface area contributed by atoms with Crippen LogP contribution >= 0.6 is 0 Å². The molecule has 2 aromatic carbocycles. The third-order valence-corrected chi connectivity index (χ3v) is 3.42. The molecule has 1 aromatic heterocycles. The Labute approximate surface area is 121 Å². The van der Waals surface area contributed by atoms with Gasteiger partial charge in [0.25, 0.3) is 0 Å².